The molecule has 0 aromatic heterocycles. The minimum atomic E-state index is -0.114. The van der Waals surface area contributed by atoms with Gasteiger partial charge in [-0.3, -0.25) is 9.59 Å². The molecule has 0 N–H and O–H groups in total. The lowest BCUT2D eigenvalue weighted by molar-refractivity contribution is -0.123. The number of nitrogens with zero attached hydrogens (tertiary/aromatic N) is 1. The molecule has 1 heterocycles. The predicted molar refractivity (Wildman–Crippen MR) is 76.1 cm³/mol. The van der Waals surface area contributed by atoms with E-state index in [2.05, 4.69) is 12.2 Å². The topological polar surface area (TPSA) is 37.4 Å². The monoisotopic (exact) mass is 267 g/mol. The van der Waals surface area contributed by atoms with E-state index in [9.17, 15) is 9.59 Å². The van der Waals surface area contributed by atoms with Crippen molar-refractivity contribution in [1.29, 1.82) is 0 Å². The second kappa shape index (κ2) is 3.81. The molecule has 3 heteroatoms. The lowest BCUT2D eigenvalue weighted by Crippen LogP contribution is -2.33. The second-order valence-corrected chi connectivity index (χ2v) is 6.23. The molecule has 2 bridgehead atoms. The van der Waals surface area contributed by atoms with Gasteiger partial charge in [-0.2, -0.15) is 0 Å². The van der Waals surface area contributed by atoms with Gasteiger partial charge in [-0.25, -0.2) is 4.90 Å². The summed E-state index contributed by atoms with van der Waals surface area (Å²) in [6, 6.07) is 5.81. The van der Waals surface area contributed by atoms with Crippen LogP contribution in [0, 0.1) is 37.5 Å². The number of anilines is 1. The van der Waals surface area contributed by atoms with Crippen LogP contribution in [0.2, 0.25) is 0 Å². The van der Waals surface area contributed by atoms with Crippen LogP contribution in [0.3, 0.4) is 0 Å². The van der Waals surface area contributed by atoms with Gasteiger partial charge in [-0.05, 0) is 49.3 Å². The van der Waals surface area contributed by atoms with E-state index in [1.165, 1.54) is 4.90 Å². The van der Waals surface area contributed by atoms with Gasteiger partial charge in [-0.15, -0.1) is 0 Å². The fraction of sp³-hybridized carbons (Fsp3) is 0.412. The molecule has 0 unspecified atom stereocenters. The maximum absolute atomic E-state index is 12.7. The first-order valence-electron chi connectivity index (χ1n) is 7.22. The quantitative estimate of drug-likeness (QED) is 0.579. The molecular weight excluding hydrogens is 250 g/mol. The van der Waals surface area contributed by atoms with Crippen molar-refractivity contribution in [3.63, 3.8) is 0 Å². The number of aryl methyl sites for hydroxylation is 1. The normalized spacial score (nSPS) is 34.2. The van der Waals surface area contributed by atoms with Crippen LogP contribution in [0.15, 0.2) is 30.4 Å². The van der Waals surface area contributed by atoms with E-state index < -0.39 is 0 Å². The van der Waals surface area contributed by atoms with Crippen molar-refractivity contribution in [3.8, 4) is 0 Å². The Morgan fingerprint density at radius 1 is 1.00 bits per heavy atom. The van der Waals surface area contributed by atoms with Gasteiger partial charge < -0.3 is 0 Å². The van der Waals surface area contributed by atoms with E-state index in [0.717, 1.165) is 23.2 Å². The Morgan fingerprint density at radius 2 is 1.60 bits per heavy atom. The number of carbonyl (C=O) groups excluding carboxylic acids is 2. The van der Waals surface area contributed by atoms with Gasteiger partial charge >= 0.3 is 0 Å². The first kappa shape index (κ1) is 11.9. The van der Waals surface area contributed by atoms with E-state index in [1.54, 1.807) is 0 Å². The molecule has 102 valence electrons. The fourth-order valence-electron chi connectivity index (χ4n) is 4.12. The smallest absolute Gasteiger partial charge is 0.238 e. The molecule has 2 aliphatic carbocycles. The molecule has 1 aromatic carbocycles. The molecule has 1 aromatic rings. The number of carbonyl (C=O) groups is 2. The Kier molecular flexibility index (Phi) is 2.27. The summed E-state index contributed by atoms with van der Waals surface area (Å²) < 4.78 is 0. The molecule has 1 saturated carbocycles. The average molecular weight is 267 g/mol. The maximum Gasteiger partial charge on any atom is 0.238 e. The van der Waals surface area contributed by atoms with Crippen LogP contribution in [-0.4, -0.2) is 11.8 Å². The Bertz CT molecular complexity index is 631. The van der Waals surface area contributed by atoms with Crippen LogP contribution in [0.1, 0.15) is 17.5 Å². The highest BCUT2D eigenvalue weighted by Crippen LogP contribution is 2.53. The van der Waals surface area contributed by atoms with Crippen molar-refractivity contribution >= 4 is 17.5 Å². The molecule has 0 radical (unpaired) electrons. The highest BCUT2D eigenvalue weighted by Gasteiger charge is 2.59. The Hall–Kier alpha value is -1.90. The van der Waals surface area contributed by atoms with E-state index in [1.807, 2.05) is 32.0 Å². The summed E-state index contributed by atoms with van der Waals surface area (Å²) >= 11 is 0. The summed E-state index contributed by atoms with van der Waals surface area (Å²) in [6.45, 7) is 3.99. The van der Waals surface area contributed by atoms with Crippen LogP contribution in [0.4, 0.5) is 5.69 Å². The summed E-state index contributed by atoms with van der Waals surface area (Å²) in [5.41, 5.74) is 2.91. The summed E-state index contributed by atoms with van der Waals surface area (Å²) in [6.07, 6.45) is 5.24. The van der Waals surface area contributed by atoms with Crippen LogP contribution >= 0.6 is 0 Å². The van der Waals surface area contributed by atoms with Gasteiger partial charge in [0.1, 0.15) is 0 Å². The number of amides is 2. The standard InChI is InChI=1S/C17H17NO2/c1-9-4-3-5-13(10(9)2)18-16(19)14-11-6-7-12(8-11)15(14)17(18)20/h3-7,11-12,14-15H,8H2,1-2H3/t11-,12+,14-,15-/m0/s1. The molecular formula is C17H17NO2. The number of hydrogen-bond acceptors (Lipinski definition) is 2. The minimum absolute atomic E-state index is 0.00514. The van der Waals surface area contributed by atoms with Gasteiger partial charge in [0.2, 0.25) is 11.8 Å². The molecule has 3 nitrogen and oxygen atoms in total. The van der Waals surface area contributed by atoms with Gasteiger partial charge in [0.05, 0.1) is 17.5 Å². The molecule has 20 heavy (non-hydrogen) atoms. The van der Waals surface area contributed by atoms with Crippen molar-refractivity contribution in [2.24, 2.45) is 23.7 Å². The zero-order valence-electron chi connectivity index (χ0n) is 11.7. The predicted octanol–water partition coefficient (Wildman–Crippen LogP) is 2.61. The third kappa shape index (κ3) is 1.30. The molecule has 2 fully saturated rings. The number of hydrogen-bond donors (Lipinski definition) is 0. The fourth-order valence-corrected chi connectivity index (χ4v) is 4.12. The largest absolute Gasteiger partial charge is 0.274 e. The zero-order chi connectivity index (χ0) is 14.0. The highest BCUT2D eigenvalue weighted by molar-refractivity contribution is 6.23. The molecule has 3 aliphatic rings. The number of imide groups is 1. The average Bonchev–Trinajstić information content (AvgIpc) is 3.09. The van der Waals surface area contributed by atoms with Gasteiger partial charge in [0, 0.05) is 0 Å². The number of fused-ring (bicyclic) bond motifs is 5. The van der Waals surface area contributed by atoms with Gasteiger partial charge in [0.25, 0.3) is 0 Å². The third-order valence-electron chi connectivity index (χ3n) is 5.29. The van der Waals surface area contributed by atoms with E-state index in [0.29, 0.717) is 0 Å². The summed E-state index contributed by atoms with van der Waals surface area (Å²) in [5.74, 6) is 0.332. The van der Waals surface area contributed by atoms with Gasteiger partial charge in [0.15, 0.2) is 0 Å². The van der Waals surface area contributed by atoms with E-state index >= 15 is 0 Å². The van der Waals surface area contributed by atoms with E-state index in [-0.39, 0.29) is 35.5 Å². The Balaban J connectivity index is 1.80. The van der Waals surface area contributed by atoms with Crippen LogP contribution in [-0.2, 0) is 9.59 Å². The lowest BCUT2D eigenvalue weighted by Gasteiger charge is -2.20. The van der Waals surface area contributed by atoms with Crippen molar-refractivity contribution in [2.45, 2.75) is 20.3 Å². The SMILES string of the molecule is Cc1cccc(N2C(=O)[C@@H]3[C@@H](C2=O)[C@H]2C=C[C@@H]3C2)c1C. The number of benzene rings is 1. The minimum Gasteiger partial charge on any atom is -0.274 e. The lowest BCUT2D eigenvalue weighted by atomic mass is 9.85. The number of allylic oxidation sites excluding steroid dienone is 2. The molecule has 0 spiro atoms. The van der Waals surface area contributed by atoms with E-state index in [4.69, 9.17) is 0 Å². The summed E-state index contributed by atoms with van der Waals surface area (Å²) in [4.78, 5) is 26.9. The van der Waals surface area contributed by atoms with Crippen LogP contribution in [0.5, 0.6) is 0 Å². The number of rotatable bonds is 1. The highest BCUT2D eigenvalue weighted by atomic mass is 16.2. The molecule has 1 aliphatic heterocycles. The Morgan fingerprint density at radius 3 is 2.20 bits per heavy atom. The third-order valence-corrected chi connectivity index (χ3v) is 5.29. The molecule has 2 amide bonds. The first-order valence-corrected chi connectivity index (χ1v) is 7.22. The summed E-state index contributed by atoms with van der Waals surface area (Å²) in [5, 5.41) is 0. The summed E-state index contributed by atoms with van der Waals surface area (Å²) in [7, 11) is 0. The zero-order valence-corrected chi connectivity index (χ0v) is 11.7. The van der Waals surface area contributed by atoms with Crippen LogP contribution in [0.25, 0.3) is 0 Å². The van der Waals surface area contributed by atoms with Gasteiger partial charge in [-0.1, -0.05) is 24.3 Å². The first-order chi connectivity index (χ1) is 9.59. The van der Waals surface area contributed by atoms with Crippen molar-refractivity contribution in [2.75, 3.05) is 4.90 Å². The van der Waals surface area contributed by atoms with Crippen molar-refractivity contribution in [3.05, 3.63) is 41.5 Å². The molecule has 4 rings (SSSR count). The van der Waals surface area contributed by atoms with Crippen LogP contribution < -0.4 is 4.90 Å². The maximum atomic E-state index is 12.7. The second-order valence-electron chi connectivity index (χ2n) is 6.23. The Labute approximate surface area is 118 Å². The van der Waals surface area contributed by atoms with Crippen molar-refractivity contribution in [1.82, 2.24) is 0 Å². The molecule has 4 atom stereocenters. The van der Waals surface area contributed by atoms with Crippen molar-refractivity contribution < 1.29 is 9.59 Å². The molecule has 1 saturated heterocycles.